The highest BCUT2D eigenvalue weighted by atomic mass is 32.1. The van der Waals surface area contributed by atoms with Gasteiger partial charge in [0, 0.05) is 49.1 Å². The summed E-state index contributed by atoms with van der Waals surface area (Å²) in [6.07, 6.45) is 4.57. The Kier molecular flexibility index (Phi) is 9.56. The normalized spacial score (nSPS) is 14.3. The van der Waals surface area contributed by atoms with E-state index in [4.69, 9.17) is 9.26 Å². The summed E-state index contributed by atoms with van der Waals surface area (Å²) < 4.78 is 11.6. The summed E-state index contributed by atoms with van der Waals surface area (Å²) in [5.74, 6) is 0.791. The molecule has 4 amide bonds. The summed E-state index contributed by atoms with van der Waals surface area (Å²) in [6, 6.07) is 7.30. The van der Waals surface area contributed by atoms with Crippen LogP contribution in [-0.2, 0) is 21.4 Å². The molecule has 0 radical (unpaired) electrons. The molecule has 46 heavy (non-hydrogen) atoms. The minimum Gasteiger partial charge on any atom is -0.444 e. The zero-order chi connectivity index (χ0) is 33.1. The number of carbonyl (C=O) groups is 3. The third-order valence-electron chi connectivity index (χ3n) is 7.21. The first-order valence-corrected chi connectivity index (χ1v) is 16.1. The molecule has 0 bridgehead atoms. The van der Waals surface area contributed by atoms with Gasteiger partial charge >= 0.3 is 12.1 Å². The molecule has 0 spiro atoms. The van der Waals surface area contributed by atoms with E-state index in [1.54, 1.807) is 17.3 Å². The van der Waals surface area contributed by atoms with Crippen LogP contribution < -0.4 is 16.0 Å². The number of aromatic nitrogens is 4. The zero-order valence-corrected chi connectivity index (χ0v) is 27.8. The number of likely N-dealkylation sites (tertiary alicyclic amines) is 1. The quantitative estimate of drug-likeness (QED) is 0.218. The Bertz CT molecular complexity index is 1710. The first kappa shape index (κ1) is 32.8. The zero-order valence-electron chi connectivity index (χ0n) is 27.0. The van der Waals surface area contributed by atoms with E-state index in [0.717, 1.165) is 21.3 Å². The van der Waals surface area contributed by atoms with Gasteiger partial charge in [0.1, 0.15) is 5.60 Å². The molecular weight excluding hydrogens is 608 g/mol. The first-order valence-electron chi connectivity index (χ1n) is 15.3. The lowest BCUT2D eigenvalue weighted by Gasteiger charge is -2.32. The Morgan fingerprint density at radius 1 is 1.00 bits per heavy atom. The Hall–Kier alpha value is -4.59. The number of pyridine rings is 1. The molecule has 4 heterocycles. The summed E-state index contributed by atoms with van der Waals surface area (Å²) in [5.41, 5.74) is 2.28. The smallest absolute Gasteiger partial charge is 0.410 e. The van der Waals surface area contributed by atoms with Crippen LogP contribution in [0, 0.1) is 5.92 Å². The summed E-state index contributed by atoms with van der Waals surface area (Å²) in [6.45, 7) is 12.8. The van der Waals surface area contributed by atoms with E-state index >= 15 is 0 Å². The number of benzene rings is 1. The van der Waals surface area contributed by atoms with E-state index in [-0.39, 0.29) is 29.4 Å². The SMILES string of the molecule is CC(C)(C)OC(=O)N1CCC(C(=O)Nc2cncc(-c3ccc4nc(NC(=O)NCCc5noc(C(C)(C)C)n5)sc4c3)c2)CC1. The standard InChI is InChI=1S/C32H40N8O5S/c1-31(2,3)27-37-25(39-45-27)9-12-34-28(42)38-29-36-23-8-7-20(16-24(23)46-29)21-15-22(18-33-17-21)35-26(41)19-10-13-40(14-11-19)30(43)44-32(4,5)6/h7-8,15-19H,9-14H2,1-6H3,(H,35,41)(H2,34,36,38,42). The second-order valence-electron chi connectivity index (χ2n) is 13.3. The molecule has 1 saturated heterocycles. The molecule has 5 rings (SSSR count). The maximum absolute atomic E-state index is 13.0. The lowest BCUT2D eigenvalue weighted by molar-refractivity contribution is -0.121. The van der Waals surface area contributed by atoms with Crippen molar-refractivity contribution in [3.8, 4) is 11.1 Å². The second kappa shape index (κ2) is 13.4. The number of hydrogen-bond acceptors (Lipinski definition) is 10. The molecule has 0 aliphatic carbocycles. The molecular formula is C32H40N8O5S. The molecule has 1 aliphatic heterocycles. The van der Waals surface area contributed by atoms with Crippen molar-refractivity contribution in [3.05, 3.63) is 48.4 Å². The second-order valence-corrected chi connectivity index (χ2v) is 14.3. The molecule has 244 valence electrons. The van der Waals surface area contributed by atoms with Gasteiger partial charge in [0.05, 0.1) is 22.1 Å². The van der Waals surface area contributed by atoms with Crippen molar-refractivity contribution in [3.63, 3.8) is 0 Å². The number of anilines is 2. The maximum atomic E-state index is 13.0. The van der Waals surface area contributed by atoms with Gasteiger partial charge in [0.2, 0.25) is 11.8 Å². The average Bonchev–Trinajstić information content (AvgIpc) is 3.63. The van der Waals surface area contributed by atoms with Crippen molar-refractivity contribution in [2.24, 2.45) is 5.92 Å². The number of hydrogen-bond donors (Lipinski definition) is 3. The van der Waals surface area contributed by atoms with Crippen molar-refractivity contribution >= 4 is 50.4 Å². The lowest BCUT2D eigenvalue weighted by Crippen LogP contribution is -2.43. The van der Waals surface area contributed by atoms with E-state index in [9.17, 15) is 14.4 Å². The molecule has 4 aromatic rings. The minimum absolute atomic E-state index is 0.0957. The van der Waals surface area contributed by atoms with Crippen molar-refractivity contribution in [2.45, 2.75) is 71.8 Å². The van der Waals surface area contributed by atoms with Gasteiger partial charge in [-0.25, -0.2) is 14.6 Å². The lowest BCUT2D eigenvalue weighted by atomic mass is 9.96. The number of fused-ring (bicyclic) bond motifs is 1. The van der Waals surface area contributed by atoms with Gasteiger partial charge in [-0.05, 0) is 57.4 Å². The number of amides is 4. The third-order valence-corrected chi connectivity index (χ3v) is 8.14. The van der Waals surface area contributed by atoms with Gasteiger partial charge < -0.3 is 24.8 Å². The topological polar surface area (TPSA) is 164 Å². The maximum Gasteiger partial charge on any atom is 0.410 e. The molecule has 1 fully saturated rings. The van der Waals surface area contributed by atoms with Crippen molar-refractivity contribution in [2.75, 3.05) is 30.3 Å². The van der Waals surface area contributed by atoms with Crippen LogP contribution in [0.1, 0.15) is 66.1 Å². The molecule has 0 atom stereocenters. The fourth-order valence-electron chi connectivity index (χ4n) is 4.81. The number of urea groups is 1. The van der Waals surface area contributed by atoms with Crippen LogP contribution >= 0.6 is 11.3 Å². The number of rotatable bonds is 7. The van der Waals surface area contributed by atoms with E-state index < -0.39 is 5.60 Å². The van der Waals surface area contributed by atoms with Gasteiger partial charge in [-0.15, -0.1) is 0 Å². The number of thiazole rings is 1. The average molecular weight is 649 g/mol. The number of piperidine rings is 1. The highest BCUT2D eigenvalue weighted by Crippen LogP contribution is 2.31. The summed E-state index contributed by atoms with van der Waals surface area (Å²) in [4.78, 5) is 52.8. The largest absolute Gasteiger partial charge is 0.444 e. The monoisotopic (exact) mass is 648 g/mol. The van der Waals surface area contributed by atoms with Crippen LogP contribution in [0.4, 0.5) is 20.4 Å². The van der Waals surface area contributed by atoms with Crippen LogP contribution in [-0.4, -0.2) is 68.3 Å². The summed E-state index contributed by atoms with van der Waals surface area (Å²) in [7, 11) is 0. The van der Waals surface area contributed by atoms with Gasteiger partial charge in [0.25, 0.3) is 0 Å². The predicted octanol–water partition coefficient (Wildman–Crippen LogP) is 5.99. The van der Waals surface area contributed by atoms with Crippen LogP contribution in [0.2, 0.25) is 0 Å². The Morgan fingerprint density at radius 2 is 1.76 bits per heavy atom. The summed E-state index contributed by atoms with van der Waals surface area (Å²) >= 11 is 1.36. The first-order chi connectivity index (χ1) is 21.7. The minimum atomic E-state index is -0.557. The van der Waals surface area contributed by atoms with Crippen molar-refractivity contribution < 1.29 is 23.6 Å². The fourth-order valence-corrected chi connectivity index (χ4v) is 5.71. The Balaban J connectivity index is 1.14. The van der Waals surface area contributed by atoms with E-state index in [1.807, 2.05) is 65.8 Å². The Morgan fingerprint density at radius 3 is 2.46 bits per heavy atom. The van der Waals surface area contributed by atoms with Crippen LogP contribution in [0.15, 0.2) is 41.2 Å². The number of ether oxygens (including phenoxy) is 1. The number of nitrogens with one attached hydrogen (secondary N) is 3. The molecule has 0 unspecified atom stereocenters. The molecule has 3 aromatic heterocycles. The van der Waals surface area contributed by atoms with Gasteiger partial charge in [-0.3, -0.25) is 15.1 Å². The van der Waals surface area contributed by atoms with Crippen molar-refractivity contribution in [1.82, 2.24) is 30.3 Å². The number of nitrogens with zero attached hydrogens (tertiary/aromatic N) is 5. The molecule has 14 heteroatoms. The molecule has 0 saturated carbocycles. The highest BCUT2D eigenvalue weighted by molar-refractivity contribution is 7.22. The Labute approximate surface area is 271 Å². The van der Waals surface area contributed by atoms with E-state index in [0.29, 0.717) is 61.4 Å². The van der Waals surface area contributed by atoms with E-state index in [2.05, 4.69) is 36.1 Å². The fraction of sp³-hybridized carbons (Fsp3) is 0.469. The predicted molar refractivity (Wildman–Crippen MR) is 176 cm³/mol. The molecule has 13 nitrogen and oxygen atoms in total. The van der Waals surface area contributed by atoms with Crippen LogP contribution in [0.5, 0.6) is 0 Å². The molecule has 3 N–H and O–H groups in total. The third kappa shape index (κ3) is 8.56. The highest BCUT2D eigenvalue weighted by Gasteiger charge is 2.30. The molecule has 1 aromatic carbocycles. The summed E-state index contributed by atoms with van der Waals surface area (Å²) in [5, 5.41) is 13.0. The van der Waals surface area contributed by atoms with Gasteiger partial charge in [0.15, 0.2) is 11.0 Å². The van der Waals surface area contributed by atoms with Crippen LogP contribution in [0.3, 0.4) is 0 Å². The van der Waals surface area contributed by atoms with Crippen molar-refractivity contribution in [1.29, 1.82) is 0 Å². The van der Waals surface area contributed by atoms with Gasteiger partial charge in [-0.2, -0.15) is 4.98 Å². The van der Waals surface area contributed by atoms with E-state index in [1.165, 1.54) is 11.3 Å². The molecule has 1 aliphatic rings. The van der Waals surface area contributed by atoms with Crippen LogP contribution in [0.25, 0.3) is 21.3 Å². The number of carbonyl (C=O) groups excluding carboxylic acids is 3. The van der Waals surface area contributed by atoms with Gasteiger partial charge in [-0.1, -0.05) is 43.3 Å².